The second kappa shape index (κ2) is 9.83. The molecule has 0 spiro atoms. The molecule has 2 N–H and O–H groups in total. The molecule has 4 aromatic rings. The topological polar surface area (TPSA) is 76.4 Å². The van der Waals surface area contributed by atoms with E-state index in [4.69, 9.17) is 4.74 Å². The maximum Gasteiger partial charge on any atom is 0.326 e. The van der Waals surface area contributed by atoms with Gasteiger partial charge in [0.05, 0.1) is 5.69 Å². The molecule has 0 aliphatic carbocycles. The molecule has 0 fully saturated rings. The first-order valence-corrected chi connectivity index (χ1v) is 10.4. The highest BCUT2D eigenvalue weighted by Gasteiger charge is 2.20. The van der Waals surface area contributed by atoms with Crippen LogP contribution in [0.25, 0.3) is 11.3 Å². The molecule has 0 radical (unpaired) electrons. The van der Waals surface area contributed by atoms with Crippen molar-refractivity contribution in [2.75, 3.05) is 5.32 Å². The molecule has 4 rings (SSSR count). The van der Waals surface area contributed by atoms with Gasteiger partial charge in [0.15, 0.2) is 0 Å². The van der Waals surface area contributed by atoms with E-state index in [9.17, 15) is 9.90 Å². The Labute approximate surface area is 187 Å². The van der Waals surface area contributed by atoms with Gasteiger partial charge < -0.3 is 15.2 Å². The van der Waals surface area contributed by atoms with Crippen LogP contribution in [0.15, 0.2) is 91.0 Å². The number of rotatable bonds is 9. The fraction of sp³-hybridized carbons (Fsp3) is 0.154. The number of benzene rings is 3. The molecule has 32 heavy (non-hydrogen) atoms. The molecule has 1 unspecified atom stereocenters. The monoisotopic (exact) mass is 427 g/mol. The smallest absolute Gasteiger partial charge is 0.326 e. The third-order valence-corrected chi connectivity index (χ3v) is 5.18. The number of nitrogens with one attached hydrogen (secondary N) is 1. The molecule has 6 heteroatoms. The molecule has 6 nitrogen and oxygen atoms in total. The van der Waals surface area contributed by atoms with E-state index in [0.717, 1.165) is 28.1 Å². The first kappa shape index (κ1) is 21.2. The van der Waals surface area contributed by atoms with Crippen LogP contribution < -0.4 is 10.1 Å². The minimum Gasteiger partial charge on any atom is -0.489 e. The Hall–Kier alpha value is -4.06. The van der Waals surface area contributed by atoms with E-state index in [1.807, 2.05) is 91.0 Å². The van der Waals surface area contributed by atoms with Gasteiger partial charge in [-0.3, -0.25) is 4.68 Å². The average molecular weight is 428 g/mol. The van der Waals surface area contributed by atoms with Crippen LogP contribution in [0.2, 0.25) is 0 Å². The molecule has 0 saturated heterocycles. The van der Waals surface area contributed by atoms with Crippen LogP contribution in [0.1, 0.15) is 11.1 Å². The lowest BCUT2D eigenvalue weighted by atomic mass is 10.1. The highest BCUT2D eigenvalue weighted by atomic mass is 16.5. The third kappa shape index (κ3) is 5.35. The van der Waals surface area contributed by atoms with Gasteiger partial charge in [-0.05, 0) is 35.4 Å². The van der Waals surface area contributed by atoms with E-state index < -0.39 is 12.0 Å². The maximum absolute atomic E-state index is 11.8. The molecule has 0 amide bonds. The summed E-state index contributed by atoms with van der Waals surface area (Å²) in [6.45, 7) is 0.510. The number of nitrogens with zero attached hydrogens (tertiary/aromatic N) is 2. The van der Waals surface area contributed by atoms with Crippen molar-refractivity contribution in [1.29, 1.82) is 0 Å². The zero-order valence-corrected chi connectivity index (χ0v) is 17.8. The maximum atomic E-state index is 11.8. The zero-order valence-electron chi connectivity index (χ0n) is 17.8. The minimum absolute atomic E-state index is 0.379. The molecule has 0 aliphatic heterocycles. The number of hydrogen-bond acceptors (Lipinski definition) is 4. The number of carboxylic acids is 1. The summed E-state index contributed by atoms with van der Waals surface area (Å²) < 4.78 is 7.51. The van der Waals surface area contributed by atoms with Crippen LogP contribution in [0.5, 0.6) is 5.75 Å². The summed E-state index contributed by atoms with van der Waals surface area (Å²) in [5, 5.41) is 17.3. The van der Waals surface area contributed by atoms with E-state index in [1.165, 1.54) is 0 Å². The largest absolute Gasteiger partial charge is 0.489 e. The Balaban J connectivity index is 1.43. The molecular formula is C26H25N3O3. The third-order valence-electron chi connectivity index (χ3n) is 5.18. The summed E-state index contributed by atoms with van der Waals surface area (Å²) in [7, 11) is 1.80. The number of carboxylic acid groups (broad SMARTS) is 1. The molecule has 1 heterocycles. The Kier molecular flexibility index (Phi) is 6.51. The summed E-state index contributed by atoms with van der Waals surface area (Å²) in [6, 6.07) is 28.4. The van der Waals surface area contributed by atoms with Gasteiger partial charge >= 0.3 is 5.97 Å². The highest BCUT2D eigenvalue weighted by Crippen LogP contribution is 2.25. The van der Waals surface area contributed by atoms with E-state index in [2.05, 4.69) is 10.4 Å². The number of aliphatic carboxylic acids is 1. The lowest BCUT2D eigenvalue weighted by molar-refractivity contribution is -0.137. The van der Waals surface area contributed by atoms with Gasteiger partial charge in [-0.25, -0.2) is 4.79 Å². The van der Waals surface area contributed by atoms with Crippen molar-refractivity contribution < 1.29 is 14.6 Å². The van der Waals surface area contributed by atoms with Gasteiger partial charge in [0.2, 0.25) is 0 Å². The van der Waals surface area contributed by atoms with Crippen molar-refractivity contribution in [2.45, 2.75) is 19.1 Å². The second-order valence-electron chi connectivity index (χ2n) is 7.56. The minimum atomic E-state index is -0.906. The van der Waals surface area contributed by atoms with Gasteiger partial charge in [-0.1, -0.05) is 60.7 Å². The molecule has 162 valence electrons. The summed E-state index contributed by atoms with van der Waals surface area (Å²) in [5.41, 5.74) is 3.76. The van der Waals surface area contributed by atoms with Gasteiger partial charge in [0, 0.05) is 25.1 Å². The van der Waals surface area contributed by atoms with Crippen LogP contribution in [0.4, 0.5) is 5.82 Å². The van der Waals surface area contributed by atoms with Gasteiger partial charge in [-0.15, -0.1) is 0 Å². The van der Waals surface area contributed by atoms with Crippen molar-refractivity contribution in [3.8, 4) is 17.0 Å². The summed E-state index contributed by atoms with van der Waals surface area (Å²) in [6.07, 6.45) is 0.379. The van der Waals surface area contributed by atoms with Gasteiger partial charge in [-0.2, -0.15) is 5.10 Å². The lowest BCUT2D eigenvalue weighted by Gasteiger charge is -2.15. The van der Waals surface area contributed by atoms with E-state index >= 15 is 0 Å². The molecule has 3 aromatic carbocycles. The van der Waals surface area contributed by atoms with Crippen molar-refractivity contribution in [2.24, 2.45) is 7.05 Å². The Morgan fingerprint density at radius 2 is 1.59 bits per heavy atom. The normalized spacial score (nSPS) is 11.7. The van der Waals surface area contributed by atoms with E-state index in [0.29, 0.717) is 18.8 Å². The number of aromatic nitrogens is 2. The van der Waals surface area contributed by atoms with Crippen LogP contribution in [0.3, 0.4) is 0 Å². The van der Waals surface area contributed by atoms with Crippen LogP contribution in [0, 0.1) is 0 Å². The average Bonchev–Trinajstić information content (AvgIpc) is 3.19. The van der Waals surface area contributed by atoms with Crippen molar-refractivity contribution in [1.82, 2.24) is 9.78 Å². The van der Waals surface area contributed by atoms with Crippen LogP contribution >= 0.6 is 0 Å². The number of carbonyl (C=O) groups is 1. The molecule has 1 atom stereocenters. The van der Waals surface area contributed by atoms with Crippen molar-refractivity contribution in [3.63, 3.8) is 0 Å². The summed E-state index contributed by atoms with van der Waals surface area (Å²) >= 11 is 0. The number of aryl methyl sites for hydroxylation is 1. The number of ether oxygens (including phenoxy) is 1. The Morgan fingerprint density at radius 1 is 0.969 bits per heavy atom. The fourth-order valence-electron chi connectivity index (χ4n) is 3.43. The molecule has 1 aromatic heterocycles. The van der Waals surface area contributed by atoms with Gasteiger partial charge in [0.25, 0.3) is 0 Å². The lowest BCUT2D eigenvalue weighted by Crippen LogP contribution is -2.32. The first-order valence-electron chi connectivity index (χ1n) is 10.4. The summed E-state index contributed by atoms with van der Waals surface area (Å²) in [5.74, 6) is 0.518. The van der Waals surface area contributed by atoms with Crippen LogP contribution in [-0.4, -0.2) is 26.9 Å². The molecule has 0 aliphatic rings. The van der Waals surface area contributed by atoms with Crippen molar-refractivity contribution >= 4 is 11.8 Å². The SMILES string of the molecule is Cn1nc(-c2ccc(OCc3ccccc3)cc2)cc1NC(Cc1ccccc1)C(=O)O. The molecule has 0 bridgehead atoms. The van der Waals surface area contributed by atoms with E-state index in [-0.39, 0.29) is 0 Å². The first-order chi connectivity index (χ1) is 15.6. The fourth-order valence-corrected chi connectivity index (χ4v) is 3.43. The van der Waals surface area contributed by atoms with Gasteiger partial charge in [0.1, 0.15) is 24.2 Å². The molecule has 0 saturated carbocycles. The number of hydrogen-bond donors (Lipinski definition) is 2. The quantitative estimate of drug-likeness (QED) is 0.402. The van der Waals surface area contributed by atoms with Crippen molar-refractivity contribution in [3.05, 3.63) is 102 Å². The second-order valence-corrected chi connectivity index (χ2v) is 7.56. The predicted octanol–water partition coefficient (Wildman–Crippen LogP) is 4.77. The standard InChI is InChI=1S/C26H25N3O3/c1-29-25(27-24(26(30)31)16-19-8-4-2-5-9-19)17-23(28-29)21-12-14-22(15-13-21)32-18-20-10-6-3-7-11-20/h2-15,17,24,27H,16,18H2,1H3,(H,30,31). The predicted molar refractivity (Wildman–Crippen MR) is 125 cm³/mol. The van der Waals surface area contributed by atoms with Crippen LogP contribution in [-0.2, 0) is 24.9 Å². The molecular weight excluding hydrogens is 402 g/mol. The zero-order chi connectivity index (χ0) is 22.3. The highest BCUT2D eigenvalue weighted by molar-refractivity contribution is 5.78. The number of anilines is 1. The Morgan fingerprint density at radius 3 is 2.22 bits per heavy atom. The summed E-state index contributed by atoms with van der Waals surface area (Å²) in [4.78, 5) is 11.8. The Bertz CT molecular complexity index is 1160. The van der Waals surface area contributed by atoms with E-state index in [1.54, 1.807) is 11.7 Å².